The molecular formula is C15H14BrF2N. The van der Waals surface area contributed by atoms with Crippen LogP contribution in [0.2, 0.25) is 0 Å². The maximum absolute atomic E-state index is 13.9. The Kier molecular flexibility index (Phi) is 4.02. The van der Waals surface area contributed by atoms with Gasteiger partial charge >= 0.3 is 0 Å². The molecule has 0 spiro atoms. The average molecular weight is 326 g/mol. The molecule has 0 saturated carbocycles. The van der Waals surface area contributed by atoms with E-state index in [4.69, 9.17) is 5.73 Å². The van der Waals surface area contributed by atoms with E-state index in [9.17, 15) is 8.78 Å². The van der Waals surface area contributed by atoms with Crippen LogP contribution in [0.25, 0.3) is 0 Å². The molecule has 4 heteroatoms. The lowest BCUT2D eigenvalue weighted by atomic mass is 9.96. The fourth-order valence-corrected chi connectivity index (χ4v) is 2.46. The Balaban J connectivity index is 2.49. The molecule has 0 amide bonds. The Morgan fingerprint density at radius 3 is 2.11 bits per heavy atom. The van der Waals surface area contributed by atoms with Crippen molar-refractivity contribution < 1.29 is 8.78 Å². The van der Waals surface area contributed by atoms with E-state index in [-0.39, 0.29) is 10.0 Å². The molecule has 0 fully saturated rings. The van der Waals surface area contributed by atoms with Crippen molar-refractivity contribution in [1.29, 1.82) is 0 Å². The highest BCUT2D eigenvalue weighted by atomic mass is 79.9. The fourth-order valence-electron chi connectivity index (χ4n) is 2.15. The second-order valence-electron chi connectivity index (χ2n) is 4.69. The summed E-state index contributed by atoms with van der Waals surface area (Å²) in [4.78, 5) is 0. The zero-order chi connectivity index (χ0) is 14.2. The lowest BCUT2D eigenvalue weighted by Gasteiger charge is -2.15. The predicted octanol–water partition coefficient (Wildman–Crippen LogP) is 4.39. The summed E-state index contributed by atoms with van der Waals surface area (Å²) in [6, 6.07) is 7.35. The molecule has 0 bridgehead atoms. The largest absolute Gasteiger partial charge is 0.320 e. The zero-order valence-electron chi connectivity index (χ0n) is 10.7. The number of benzene rings is 2. The Labute approximate surface area is 119 Å². The van der Waals surface area contributed by atoms with Crippen LogP contribution in [0.4, 0.5) is 8.78 Å². The van der Waals surface area contributed by atoms with E-state index in [0.29, 0.717) is 0 Å². The third-order valence-corrected chi connectivity index (χ3v) is 3.59. The number of aryl methyl sites for hydroxylation is 2. The highest BCUT2D eigenvalue weighted by Gasteiger charge is 2.17. The van der Waals surface area contributed by atoms with E-state index in [1.54, 1.807) is 0 Å². The van der Waals surface area contributed by atoms with Crippen LogP contribution in [0.1, 0.15) is 28.3 Å². The average Bonchev–Trinajstić information content (AvgIpc) is 2.31. The molecule has 0 aliphatic carbocycles. The molecule has 1 unspecified atom stereocenters. The zero-order valence-corrected chi connectivity index (χ0v) is 12.3. The minimum Gasteiger partial charge on any atom is -0.320 e. The molecule has 0 heterocycles. The van der Waals surface area contributed by atoms with Crippen molar-refractivity contribution in [3.63, 3.8) is 0 Å². The first-order valence-corrected chi connectivity index (χ1v) is 6.66. The van der Waals surface area contributed by atoms with Crippen LogP contribution in [0.15, 0.2) is 34.8 Å². The van der Waals surface area contributed by atoms with Crippen molar-refractivity contribution in [2.45, 2.75) is 19.9 Å². The molecule has 0 radical (unpaired) electrons. The van der Waals surface area contributed by atoms with Gasteiger partial charge in [-0.1, -0.05) is 29.3 Å². The van der Waals surface area contributed by atoms with Gasteiger partial charge in [-0.05, 0) is 47.5 Å². The maximum atomic E-state index is 13.9. The fraction of sp³-hybridized carbons (Fsp3) is 0.200. The molecule has 2 N–H and O–H groups in total. The standard InChI is InChI=1S/C15H14BrF2N/c1-8-3-9(2)5-10(4-8)15(19)11-6-14(18)12(16)7-13(11)17/h3-7,15H,19H2,1-2H3. The maximum Gasteiger partial charge on any atom is 0.137 e. The first-order chi connectivity index (χ1) is 8.88. The minimum absolute atomic E-state index is 0.0985. The Morgan fingerprint density at radius 1 is 0.947 bits per heavy atom. The monoisotopic (exact) mass is 325 g/mol. The van der Waals surface area contributed by atoms with Crippen molar-refractivity contribution >= 4 is 15.9 Å². The van der Waals surface area contributed by atoms with Gasteiger partial charge in [0.05, 0.1) is 10.5 Å². The Morgan fingerprint density at radius 2 is 1.53 bits per heavy atom. The summed E-state index contributed by atoms with van der Waals surface area (Å²) in [6.45, 7) is 3.89. The molecule has 100 valence electrons. The van der Waals surface area contributed by atoms with E-state index in [1.807, 2.05) is 32.0 Å². The molecule has 1 atom stereocenters. The normalized spacial score (nSPS) is 12.5. The van der Waals surface area contributed by atoms with Gasteiger partial charge in [-0.2, -0.15) is 0 Å². The third-order valence-electron chi connectivity index (χ3n) is 2.98. The molecule has 2 rings (SSSR count). The van der Waals surface area contributed by atoms with Crippen molar-refractivity contribution in [1.82, 2.24) is 0 Å². The topological polar surface area (TPSA) is 26.0 Å². The summed E-state index contributed by atoms with van der Waals surface area (Å²) in [7, 11) is 0. The predicted molar refractivity (Wildman–Crippen MR) is 76.0 cm³/mol. The molecule has 0 aliphatic rings. The second-order valence-corrected chi connectivity index (χ2v) is 5.54. The third kappa shape index (κ3) is 3.01. The van der Waals surface area contributed by atoms with Crippen LogP contribution in [0, 0.1) is 25.5 Å². The number of nitrogens with two attached hydrogens (primary N) is 1. The molecule has 0 aromatic heterocycles. The van der Waals surface area contributed by atoms with E-state index in [2.05, 4.69) is 15.9 Å². The van der Waals surface area contributed by atoms with Gasteiger partial charge in [0.15, 0.2) is 0 Å². The van der Waals surface area contributed by atoms with Crippen LogP contribution < -0.4 is 5.73 Å². The van der Waals surface area contributed by atoms with Gasteiger partial charge in [-0.15, -0.1) is 0 Å². The molecule has 1 nitrogen and oxygen atoms in total. The van der Waals surface area contributed by atoms with Crippen molar-refractivity contribution in [3.8, 4) is 0 Å². The molecule has 0 aliphatic heterocycles. The first kappa shape index (κ1) is 14.2. The summed E-state index contributed by atoms with van der Waals surface area (Å²) < 4.78 is 27.5. The Hall–Kier alpha value is -1.26. The van der Waals surface area contributed by atoms with Crippen molar-refractivity contribution in [2.24, 2.45) is 5.73 Å². The number of rotatable bonds is 2. The molecule has 2 aromatic carbocycles. The summed E-state index contributed by atoms with van der Waals surface area (Å²) in [5.74, 6) is -1.03. The molecule has 2 aromatic rings. The minimum atomic E-state index is -0.679. The van der Waals surface area contributed by atoms with Crippen LogP contribution >= 0.6 is 15.9 Å². The van der Waals surface area contributed by atoms with Gasteiger partial charge < -0.3 is 5.73 Å². The first-order valence-electron chi connectivity index (χ1n) is 5.86. The quantitative estimate of drug-likeness (QED) is 0.814. The van der Waals surface area contributed by atoms with Crippen LogP contribution in [-0.4, -0.2) is 0 Å². The van der Waals surface area contributed by atoms with Crippen LogP contribution in [-0.2, 0) is 0 Å². The van der Waals surface area contributed by atoms with E-state index < -0.39 is 17.7 Å². The van der Waals surface area contributed by atoms with Gasteiger partial charge in [0, 0.05) is 5.56 Å². The van der Waals surface area contributed by atoms with Gasteiger partial charge in [0.2, 0.25) is 0 Å². The van der Waals surface area contributed by atoms with Crippen LogP contribution in [0.3, 0.4) is 0 Å². The highest BCUT2D eigenvalue weighted by Crippen LogP contribution is 2.27. The van der Waals surface area contributed by atoms with Crippen molar-refractivity contribution in [2.75, 3.05) is 0 Å². The number of hydrogen-bond donors (Lipinski definition) is 1. The Bertz CT molecular complexity index is 606. The SMILES string of the molecule is Cc1cc(C)cc(C(N)c2cc(F)c(Br)cc2F)c1. The smallest absolute Gasteiger partial charge is 0.137 e. The van der Waals surface area contributed by atoms with Gasteiger partial charge in [-0.25, -0.2) is 8.78 Å². The van der Waals surface area contributed by atoms with Gasteiger partial charge in [-0.3, -0.25) is 0 Å². The second kappa shape index (κ2) is 5.39. The van der Waals surface area contributed by atoms with E-state index in [1.165, 1.54) is 0 Å². The molecular weight excluding hydrogens is 312 g/mol. The van der Waals surface area contributed by atoms with Crippen LogP contribution in [0.5, 0.6) is 0 Å². The molecule has 19 heavy (non-hydrogen) atoms. The van der Waals surface area contributed by atoms with Crippen molar-refractivity contribution in [3.05, 3.63) is 68.7 Å². The summed E-state index contributed by atoms with van der Waals surface area (Å²) in [5, 5.41) is 0. The van der Waals surface area contributed by atoms with Gasteiger partial charge in [0.1, 0.15) is 11.6 Å². The summed E-state index contributed by atoms with van der Waals surface area (Å²) in [6.07, 6.45) is 0. The van der Waals surface area contributed by atoms with E-state index in [0.717, 1.165) is 28.8 Å². The van der Waals surface area contributed by atoms with E-state index >= 15 is 0 Å². The lowest BCUT2D eigenvalue weighted by Crippen LogP contribution is -2.14. The lowest BCUT2D eigenvalue weighted by molar-refractivity contribution is 0.572. The number of hydrogen-bond acceptors (Lipinski definition) is 1. The molecule has 0 saturated heterocycles. The summed E-state index contributed by atoms with van der Waals surface area (Å²) >= 11 is 2.95. The van der Waals surface area contributed by atoms with Gasteiger partial charge in [0.25, 0.3) is 0 Å². The summed E-state index contributed by atoms with van der Waals surface area (Å²) in [5.41, 5.74) is 9.08. The number of halogens is 3. The highest BCUT2D eigenvalue weighted by molar-refractivity contribution is 9.10.